The zero-order chi connectivity index (χ0) is 40.0. The Morgan fingerprint density at radius 2 is 0.414 bits per heavy atom. The zero-order valence-electron chi connectivity index (χ0n) is 35.6. The van der Waals surface area contributed by atoms with E-state index < -0.39 is 0 Å². The van der Waals surface area contributed by atoms with Crippen LogP contribution >= 0.6 is 23.8 Å². The molecule has 0 aliphatic rings. The van der Waals surface area contributed by atoms with Crippen LogP contribution in [0.15, 0.2) is 182 Å². The van der Waals surface area contributed by atoms with Crippen molar-refractivity contribution >= 4 is 55.6 Å². The van der Waals surface area contributed by atoms with Gasteiger partial charge in [0, 0.05) is 19.5 Å². The molecule has 4 heteroatoms. The van der Waals surface area contributed by atoms with Gasteiger partial charge in [-0.25, -0.2) is 0 Å². The van der Waals surface area contributed by atoms with E-state index in [0.717, 1.165) is 0 Å². The number of rotatable bonds is 21. The van der Waals surface area contributed by atoms with Gasteiger partial charge < -0.3 is 0 Å². The molecule has 0 spiro atoms. The van der Waals surface area contributed by atoms with Crippen molar-refractivity contribution in [1.82, 2.24) is 0 Å². The van der Waals surface area contributed by atoms with Crippen molar-refractivity contribution in [1.29, 1.82) is 0 Å². The van der Waals surface area contributed by atoms with Gasteiger partial charge in [0.15, 0.2) is 0 Å². The van der Waals surface area contributed by atoms with Gasteiger partial charge in [-0.3, -0.25) is 0 Å². The van der Waals surface area contributed by atoms with Crippen molar-refractivity contribution in [2.75, 3.05) is 18.5 Å². The first kappa shape index (κ1) is 49.6. The summed E-state index contributed by atoms with van der Waals surface area (Å²) in [5.41, 5.74) is 0. The Morgan fingerprint density at radius 1 is 0.241 bits per heavy atom. The molecule has 58 heavy (non-hydrogen) atoms. The molecule has 6 rings (SSSR count). The molecule has 1 radical (unpaired) electrons. The molecular weight excluding hydrogens is 844 g/mol. The van der Waals surface area contributed by atoms with Crippen LogP contribution in [0.3, 0.4) is 0 Å². The van der Waals surface area contributed by atoms with E-state index in [4.69, 9.17) is 0 Å². The van der Waals surface area contributed by atoms with Crippen molar-refractivity contribution in [3.8, 4) is 0 Å². The van der Waals surface area contributed by atoms with Gasteiger partial charge in [0.2, 0.25) is 0 Å². The van der Waals surface area contributed by atoms with Crippen molar-refractivity contribution in [2.24, 2.45) is 0 Å². The van der Waals surface area contributed by atoms with Crippen LogP contribution < -0.4 is 31.8 Å². The maximum atomic E-state index is 2.29. The number of unbranched alkanes of at least 4 members (excludes halogenated alkanes) is 9. The second kappa shape index (κ2) is 32.1. The fourth-order valence-corrected chi connectivity index (χ4v) is 14.2. The molecule has 0 N–H and O–H groups in total. The molecule has 0 atom stereocenters. The van der Waals surface area contributed by atoms with Gasteiger partial charge in [-0.05, 0) is 93.3 Å². The summed E-state index contributed by atoms with van der Waals surface area (Å²) in [5.74, 6) is 0. The van der Waals surface area contributed by atoms with E-state index >= 15 is 0 Å². The standard InChI is InChI=1S/3C18H23P.Rh/c3*1-2-3-4-11-16-19(17-12-7-5-8-13-17)18-14-9-6-10-15-18;/h3*5-10,12-15H,2-4,11,16H2,1H3;. The average molecular weight is 914 g/mol. The largest absolute Gasteiger partial charge is 0.0654 e. The van der Waals surface area contributed by atoms with Crippen LogP contribution in [0.5, 0.6) is 0 Å². The Labute approximate surface area is 371 Å². The minimum atomic E-state index is -0.167. The van der Waals surface area contributed by atoms with E-state index in [-0.39, 0.29) is 43.2 Å². The Balaban J connectivity index is 0.000000231. The first-order valence-electron chi connectivity index (χ1n) is 21.9. The van der Waals surface area contributed by atoms with E-state index in [1.54, 1.807) is 0 Å². The minimum Gasteiger partial charge on any atom is -0.0654 e. The van der Waals surface area contributed by atoms with E-state index in [9.17, 15) is 0 Å². The van der Waals surface area contributed by atoms with Crippen LogP contribution in [0.4, 0.5) is 0 Å². The van der Waals surface area contributed by atoms with Crippen molar-refractivity contribution in [3.63, 3.8) is 0 Å². The van der Waals surface area contributed by atoms with Crippen LogP contribution in [0.2, 0.25) is 0 Å². The smallest absolute Gasteiger partial charge is 0 e. The second-order valence-electron chi connectivity index (χ2n) is 14.7. The van der Waals surface area contributed by atoms with Gasteiger partial charge in [-0.15, -0.1) is 0 Å². The van der Waals surface area contributed by atoms with E-state index in [0.29, 0.717) is 0 Å². The molecule has 309 valence electrons. The molecule has 0 heterocycles. The molecule has 0 unspecified atom stereocenters. The molecule has 6 aromatic rings. The predicted molar refractivity (Wildman–Crippen MR) is 264 cm³/mol. The van der Waals surface area contributed by atoms with Gasteiger partial charge in [0.1, 0.15) is 0 Å². The summed E-state index contributed by atoms with van der Waals surface area (Å²) in [6.07, 6.45) is 20.2. The summed E-state index contributed by atoms with van der Waals surface area (Å²) in [6.45, 7) is 6.83. The third-order valence-corrected chi connectivity index (χ3v) is 17.9. The fraction of sp³-hybridized carbons (Fsp3) is 0.333. The minimum absolute atomic E-state index is 0. The van der Waals surface area contributed by atoms with Crippen LogP contribution in [-0.2, 0) is 19.5 Å². The molecule has 6 aromatic carbocycles. The summed E-state index contributed by atoms with van der Waals surface area (Å²) < 4.78 is 0. The van der Waals surface area contributed by atoms with Crippen molar-refractivity contribution in [3.05, 3.63) is 182 Å². The normalized spacial score (nSPS) is 10.7. The van der Waals surface area contributed by atoms with Crippen LogP contribution in [0.25, 0.3) is 0 Å². The monoisotopic (exact) mass is 913 g/mol. The average Bonchev–Trinajstić information content (AvgIpc) is 3.29. The van der Waals surface area contributed by atoms with Crippen molar-refractivity contribution in [2.45, 2.75) is 97.8 Å². The molecule has 0 bridgehead atoms. The quantitative estimate of drug-likeness (QED) is 0.0383. The Hall–Kier alpha value is -2.77. The van der Waals surface area contributed by atoms with Gasteiger partial charge in [-0.2, -0.15) is 0 Å². The molecular formula is C54H69P3Rh. The maximum absolute atomic E-state index is 2.29. The number of benzene rings is 6. The summed E-state index contributed by atoms with van der Waals surface area (Å²) in [4.78, 5) is 0. The second-order valence-corrected chi connectivity index (χ2v) is 21.7. The van der Waals surface area contributed by atoms with E-state index in [1.807, 2.05) is 0 Å². The Bertz CT molecular complexity index is 1450. The topological polar surface area (TPSA) is 0 Å². The van der Waals surface area contributed by atoms with Gasteiger partial charge >= 0.3 is 0 Å². The van der Waals surface area contributed by atoms with Crippen LogP contribution in [0, 0.1) is 0 Å². The van der Waals surface area contributed by atoms with Gasteiger partial charge in [0.25, 0.3) is 0 Å². The molecule has 0 amide bonds. The molecule has 0 saturated heterocycles. The van der Waals surface area contributed by atoms with Gasteiger partial charge in [-0.1, -0.05) is 261 Å². The summed E-state index contributed by atoms with van der Waals surface area (Å²) in [7, 11) is -0.502. The predicted octanol–water partition coefficient (Wildman–Crippen LogP) is 14.1. The zero-order valence-corrected chi connectivity index (χ0v) is 39.9. The molecule has 0 aliphatic carbocycles. The molecule has 0 saturated carbocycles. The summed E-state index contributed by atoms with van der Waals surface area (Å²) in [6, 6.07) is 66.1. The summed E-state index contributed by atoms with van der Waals surface area (Å²) >= 11 is 0. The first-order chi connectivity index (χ1) is 28.2. The Morgan fingerprint density at radius 3 is 0.569 bits per heavy atom. The Kier molecular flexibility index (Phi) is 27.4. The number of hydrogen-bond donors (Lipinski definition) is 0. The fourth-order valence-electron chi connectivity index (χ4n) is 6.96. The van der Waals surface area contributed by atoms with E-state index in [1.165, 1.54) is 127 Å². The first-order valence-corrected chi connectivity index (χ1v) is 26.5. The number of hydrogen-bond acceptors (Lipinski definition) is 0. The summed E-state index contributed by atoms with van der Waals surface area (Å²) in [5, 5.41) is 9.08. The molecule has 0 nitrogen and oxygen atoms in total. The molecule has 0 fully saturated rings. The third kappa shape index (κ3) is 19.1. The molecule has 0 aliphatic heterocycles. The van der Waals surface area contributed by atoms with Gasteiger partial charge in [0.05, 0.1) is 0 Å². The van der Waals surface area contributed by atoms with Crippen molar-refractivity contribution < 1.29 is 19.5 Å². The van der Waals surface area contributed by atoms with E-state index in [2.05, 4.69) is 203 Å². The van der Waals surface area contributed by atoms with Crippen LogP contribution in [0.1, 0.15) is 97.8 Å². The molecule has 0 aromatic heterocycles. The third-order valence-electron chi connectivity index (χ3n) is 10.1. The maximum Gasteiger partial charge on any atom is 0 e. The van der Waals surface area contributed by atoms with Crippen LogP contribution in [-0.4, -0.2) is 18.5 Å². The SMILES string of the molecule is CCCCCCP(c1ccccc1)c1ccccc1.CCCCCCP(c1ccccc1)c1ccccc1.CCCCCCP(c1ccccc1)c1ccccc1.[Rh].